The first-order valence-electron chi connectivity index (χ1n) is 10.4. The number of halogens is 2. The fourth-order valence-corrected chi connectivity index (χ4v) is 4.49. The third-order valence-corrected chi connectivity index (χ3v) is 6.29. The number of benzene rings is 1. The summed E-state index contributed by atoms with van der Waals surface area (Å²) in [5.41, 5.74) is 6.72. The van der Waals surface area contributed by atoms with Gasteiger partial charge in [-0.15, -0.1) is 0 Å². The zero-order chi connectivity index (χ0) is 20.2. The van der Waals surface area contributed by atoms with Gasteiger partial charge in [-0.3, -0.25) is 0 Å². The van der Waals surface area contributed by atoms with E-state index >= 15 is 0 Å². The number of nitrogens with two attached hydrogens (primary N) is 1. The molecule has 29 heavy (non-hydrogen) atoms. The number of aromatic nitrogens is 2. The van der Waals surface area contributed by atoms with Crippen LogP contribution in [0.5, 0.6) is 0 Å². The second-order valence-electron chi connectivity index (χ2n) is 8.07. The maximum atomic E-state index is 13.3. The van der Waals surface area contributed by atoms with E-state index in [4.69, 9.17) is 17.3 Å². The van der Waals surface area contributed by atoms with Crippen molar-refractivity contribution in [3.63, 3.8) is 0 Å². The molecule has 1 aliphatic carbocycles. The van der Waals surface area contributed by atoms with Gasteiger partial charge in [-0.2, -0.15) is 0 Å². The second kappa shape index (κ2) is 9.24. The molecule has 4 N–H and O–H groups in total. The number of piperidine rings is 1. The number of anilines is 3. The lowest BCUT2D eigenvalue weighted by molar-refractivity contribution is 0.120. The SMILES string of the molecule is NC1CCN(C2CCC(Nc3cc(Nc4ccc(F)c(Cl)c4)ncn3)CC2)CC1. The molecule has 0 atom stereocenters. The Hall–Kier alpha value is -1.96. The van der Waals surface area contributed by atoms with Crippen LogP contribution in [0.25, 0.3) is 0 Å². The maximum Gasteiger partial charge on any atom is 0.141 e. The van der Waals surface area contributed by atoms with Crippen molar-refractivity contribution in [2.75, 3.05) is 23.7 Å². The van der Waals surface area contributed by atoms with Gasteiger partial charge in [-0.25, -0.2) is 14.4 Å². The summed E-state index contributed by atoms with van der Waals surface area (Å²) in [5.74, 6) is 0.997. The monoisotopic (exact) mass is 418 g/mol. The smallest absolute Gasteiger partial charge is 0.141 e. The van der Waals surface area contributed by atoms with Gasteiger partial charge < -0.3 is 21.3 Å². The Kier molecular flexibility index (Phi) is 6.47. The van der Waals surface area contributed by atoms with Gasteiger partial charge in [0.25, 0.3) is 0 Å². The molecule has 6 nitrogen and oxygen atoms in total. The van der Waals surface area contributed by atoms with Crippen LogP contribution in [0, 0.1) is 5.82 Å². The molecule has 0 unspecified atom stereocenters. The van der Waals surface area contributed by atoms with Crippen LogP contribution in [0.2, 0.25) is 5.02 Å². The van der Waals surface area contributed by atoms with Gasteiger partial charge in [-0.1, -0.05) is 11.6 Å². The fraction of sp³-hybridized carbons (Fsp3) is 0.524. The summed E-state index contributed by atoms with van der Waals surface area (Å²) in [5, 5.41) is 6.77. The van der Waals surface area contributed by atoms with Crippen molar-refractivity contribution in [3.8, 4) is 0 Å². The molecule has 1 aromatic heterocycles. The molecular weight excluding hydrogens is 391 g/mol. The van der Waals surface area contributed by atoms with Gasteiger partial charge in [-0.05, 0) is 69.8 Å². The summed E-state index contributed by atoms with van der Waals surface area (Å²) >= 11 is 5.85. The minimum absolute atomic E-state index is 0.0786. The molecule has 1 aliphatic heterocycles. The average Bonchev–Trinajstić information content (AvgIpc) is 2.72. The van der Waals surface area contributed by atoms with Crippen molar-refractivity contribution in [1.82, 2.24) is 14.9 Å². The summed E-state index contributed by atoms with van der Waals surface area (Å²) < 4.78 is 13.3. The third kappa shape index (κ3) is 5.35. The zero-order valence-electron chi connectivity index (χ0n) is 16.5. The minimum atomic E-state index is -0.440. The summed E-state index contributed by atoms with van der Waals surface area (Å²) in [4.78, 5) is 11.2. The van der Waals surface area contributed by atoms with Gasteiger partial charge in [0.2, 0.25) is 0 Å². The number of rotatable bonds is 5. The van der Waals surface area contributed by atoms with Crippen molar-refractivity contribution in [2.24, 2.45) is 5.73 Å². The zero-order valence-corrected chi connectivity index (χ0v) is 17.2. The lowest BCUT2D eigenvalue weighted by Crippen LogP contribution is -2.47. The number of hydrogen-bond acceptors (Lipinski definition) is 6. The van der Waals surface area contributed by atoms with E-state index in [2.05, 4.69) is 25.5 Å². The minimum Gasteiger partial charge on any atom is -0.367 e. The summed E-state index contributed by atoms with van der Waals surface area (Å²) in [6.45, 7) is 2.27. The van der Waals surface area contributed by atoms with Crippen LogP contribution in [-0.2, 0) is 0 Å². The molecule has 0 radical (unpaired) electrons. The highest BCUT2D eigenvalue weighted by Gasteiger charge is 2.28. The summed E-state index contributed by atoms with van der Waals surface area (Å²) in [6.07, 6.45) is 8.44. The van der Waals surface area contributed by atoms with Crippen molar-refractivity contribution in [1.29, 1.82) is 0 Å². The molecule has 8 heteroatoms. The summed E-state index contributed by atoms with van der Waals surface area (Å²) in [6, 6.07) is 7.87. The molecule has 1 saturated carbocycles. The van der Waals surface area contributed by atoms with Crippen LogP contribution >= 0.6 is 11.6 Å². The Labute approximate surface area is 176 Å². The van der Waals surface area contributed by atoms with E-state index in [1.54, 1.807) is 12.1 Å². The highest BCUT2D eigenvalue weighted by molar-refractivity contribution is 6.31. The van der Waals surface area contributed by atoms with E-state index in [1.807, 2.05) is 6.07 Å². The van der Waals surface area contributed by atoms with Gasteiger partial charge in [0.05, 0.1) is 5.02 Å². The van der Waals surface area contributed by atoms with E-state index in [9.17, 15) is 4.39 Å². The number of likely N-dealkylation sites (tertiary alicyclic amines) is 1. The predicted octanol–water partition coefficient (Wildman–Crippen LogP) is 4.16. The van der Waals surface area contributed by atoms with Gasteiger partial charge in [0.15, 0.2) is 0 Å². The Morgan fingerprint density at radius 2 is 1.72 bits per heavy atom. The van der Waals surface area contributed by atoms with Gasteiger partial charge >= 0.3 is 0 Å². The fourth-order valence-electron chi connectivity index (χ4n) is 4.31. The molecule has 0 amide bonds. The molecule has 156 valence electrons. The average molecular weight is 419 g/mol. The predicted molar refractivity (Wildman–Crippen MR) is 115 cm³/mol. The van der Waals surface area contributed by atoms with Crippen molar-refractivity contribution in [2.45, 2.75) is 56.7 Å². The molecule has 2 heterocycles. The highest BCUT2D eigenvalue weighted by atomic mass is 35.5. The maximum absolute atomic E-state index is 13.3. The van der Waals surface area contributed by atoms with E-state index in [1.165, 1.54) is 25.2 Å². The van der Waals surface area contributed by atoms with Gasteiger partial charge in [0.1, 0.15) is 23.8 Å². The van der Waals surface area contributed by atoms with Crippen LogP contribution in [0.1, 0.15) is 38.5 Å². The van der Waals surface area contributed by atoms with Crippen LogP contribution in [-0.4, -0.2) is 46.1 Å². The standard InChI is InChI=1S/C21H28ClFN6/c22-18-11-16(3-6-19(18)23)28-21-12-20(25-13-26-21)27-15-1-4-17(5-2-15)29-9-7-14(24)8-10-29/h3,6,11-15,17H,1-2,4-5,7-10,24H2,(H2,25,26,27,28). The van der Waals surface area contributed by atoms with E-state index in [0.717, 1.165) is 44.6 Å². The molecule has 0 bridgehead atoms. The van der Waals surface area contributed by atoms with Crippen LogP contribution < -0.4 is 16.4 Å². The van der Waals surface area contributed by atoms with E-state index in [-0.39, 0.29) is 5.02 Å². The van der Waals surface area contributed by atoms with Crippen LogP contribution in [0.4, 0.5) is 21.7 Å². The molecule has 4 rings (SSSR count). The van der Waals surface area contributed by atoms with Gasteiger partial charge in [0, 0.05) is 29.9 Å². The summed E-state index contributed by atoms with van der Waals surface area (Å²) in [7, 11) is 0. The number of hydrogen-bond donors (Lipinski definition) is 3. The van der Waals surface area contributed by atoms with Crippen LogP contribution in [0.15, 0.2) is 30.6 Å². The number of nitrogens with zero attached hydrogens (tertiary/aromatic N) is 3. The highest BCUT2D eigenvalue weighted by Crippen LogP contribution is 2.28. The molecule has 1 aromatic carbocycles. The first-order valence-corrected chi connectivity index (χ1v) is 10.7. The molecular formula is C21H28ClFN6. The molecule has 2 aromatic rings. The molecule has 2 aliphatic rings. The molecule has 2 fully saturated rings. The first-order chi connectivity index (χ1) is 14.1. The normalized spacial score (nSPS) is 23.7. The first kappa shape index (κ1) is 20.3. The Morgan fingerprint density at radius 3 is 2.45 bits per heavy atom. The molecule has 0 spiro atoms. The van der Waals surface area contributed by atoms with E-state index < -0.39 is 5.82 Å². The second-order valence-corrected chi connectivity index (χ2v) is 8.47. The van der Waals surface area contributed by atoms with E-state index in [0.29, 0.717) is 29.6 Å². The lowest BCUT2D eigenvalue weighted by atomic mass is 9.89. The van der Waals surface area contributed by atoms with Crippen molar-refractivity contribution < 1.29 is 4.39 Å². The largest absolute Gasteiger partial charge is 0.367 e. The number of nitrogens with one attached hydrogen (secondary N) is 2. The van der Waals surface area contributed by atoms with Crippen molar-refractivity contribution >= 4 is 28.9 Å². The Bertz CT molecular complexity index is 819. The topological polar surface area (TPSA) is 79.1 Å². The Balaban J connectivity index is 1.30. The Morgan fingerprint density at radius 1 is 1.00 bits per heavy atom. The lowest BCUT2D eigenvalue weighted by Gasteiger charge is -2.40. The molecule has 1 saturated heterocycles. The van der Waals surface area contributed by atoms with Crippen LogP contribution in [0.3, 0.4) is 0 Å². The quantitative estimate of drug-likeness (QED) is 0.676. The van der Waals surface area contributed by atoms with Crippen molar-refractivity contribution in [3.05, 3.63) is 41.4 Å². The third-order valence-electron chi connectivity index (χ3n) is 6.00.